The number of methoxy groups -OCH3 is 1. The molecule has 1 saturated heterocycles. The highest BCUT2D eigenvalue weighted by Gasteiger charge is 2.32. The summed E-state index contributed by atoms with van der Waals surface area (Å²) in [6.45, 7) is 3.37. The predicted octanol–water partition coefficient (Wildman–Crippen LogP) is 2.43. The van der Waals surface area contributed by atoms with Crippen molar-refractivity contribution >= 4 is 6.08 Å². The molecule has 24 heavy (non-hydrogen) atoms. The molecule has 5 heteroatoms. The van der Waals surface area contributed by atoms with E-state index in [1.54, 1.807) is 19.6 Å². The second-order valence-corrected chi connectivity index (χ2v) is 6.44. The third kappa shape index (κ3) is 4.46. The summed E-state index contributed by atoms with van der Waals surface area (Å²) >= 11 is 0. The monoisotopic (exact) mass is 327 g/mol. The first-order valence-corrected chi connectivity index (χ1v) is 8.38. The molecule has 1 aliphatic rings. The molecule has 0 radical (unpaired) electrons. The summed E-state index contributed by atoms with van der Waals surface area (Å²) in [7, 11) is 1.68. The first kappa shape index (κ1) is 16.7. The van der Waals surface area contributed by atoms with Crippen molar-refractivity contribution in [2.45, 2.75) is 25.0 Å². The van der Waals surface area contributed by atoms with Crippen LogP contribution < -0.4 is 4.74 Å². The Balaban J connectivity index is 1.45. The van der Waals surface area contributed by atoms with E-state index in [-0.39, 0.29) is 0 Å². The smallest absolute Gasteiger partial charge is 0.118 e. The zero-order valence-corrected chi connectivity index (χ0v) is 14.1. The quantitative estimate of drug-likeness (QED) is 0.885. The van der Waals surface area contributed by atoms with Gasteiger partial charge in [0.05, 0.1) is 25.6 Å². The Morgan fingerprint density at radius 3 is 2.62 bits per heavy atom. The van der Waals surface area contributed by atoms with Crippen LogP contribution in [0.5, 0.6) is 5.75 Å². The molecule has 1 aromatic heterocycles. The fraction of sp³-hybridized carbons (Fsp3) is 0.421. The number of ether oxygens (including phenoxy) is 1. The number of piperidine rings is 1. The summed E-state index contributed by atoms with van der Waals surface area (Å²) in [5.74, 6) is 0.875. The van der Waals surface area contributed by atoms with E-state index >= 15 is 0 Å². The second kappa shape index (κ2) is 7.64. The van der Waals surface area contributed by atoms with E-state index in [4.69, 9.17) is 4.74 Å². The molecule has 128 valence electrons. The molecule has 0 saturated carbocycles. The lowest BCUT2D eigenvalue weighted by Gasteiger charge is -2.38. The fourth-order valence-electron chi connectivity index (χ4n) is 3.08. The number of hydrogen-bond acceptors (Lipinski definition) is 4. The lowest BCUT2D eigenvalue weighted by atomic mass is 9.91. The zero-order valence-electron chi connectivity index (χ0n) is 14.1. The Labute approximate surface area is 143 Å². The van der Waals surface area contributed by atoms with Gasteiger partial charge in [0.1, 0.15) is 5.75 Å². The molecule has 1 aromatic carbocycles. The average molecular weight is 327 g/mol. The standard InChI is InChI=1S/C19H25N3O2/c1-24-18-6-4-17(5-7-18)3-2-11-21-12-8-19(23,9-13-21)15-22-14-10-20-16-22/h2-7,10,14,16,23H,8-9,11-13,15H2,1H3. The van der Waals surface area contributed by atoms with E-state index in [2.05, 4.69) is 34.2 Å². The number of hydrogen-bond donors (Lipinski definition) is 1. The molecule has 5 nitrogen and oxygen atoms in total. The molecule has 0 unspecified atom stereocenters. The van der Waals surface area contributed by atoms with Gasteiger partial charge in [-0.05, 0) is 30.5 Å². The molecular formula is C19H25N3O2. The van der Waals surface area contributed by atoms with Gasteiger partial charge in [-0.3, -0.25) is 4.90 Å². The molecule has 0 amide bonds. The largest absolute Gasteiger partial charge is 0.497 e. The van der Waals surface area contributed by atoms with Gasteiger partial charge in [-0.25, -0.2) is 4.98 Å². The van der Waals surface area contributed by atoms with Crippen LogP contribution in [0, 0.1) is 0 Å². The van der Waals surface area contributed by atoms with Crippen molar-refractivity contribution in [3.8, 4) is 5.75 Å². The Bertz CT molecular complexity index is 642. The van der Waals surface area contributed by atoms with Crippen LogP contribution in [0.3, 0.4) is 0 Å². The van der Waals surface area contributed by atoms with Crippen LogP contribution in [0.25, 0.3) is 6.08 Å². The molecule has 2 aromatic rings. The average Bonchev–Trinajstić information content (AvgIpc) is 3.10. The van der Waals surface area contributed by atoms with E-state index in [9.17, 15) is 5.11 Å². The van der Waals surface area contributed by atoms with Crippen molar-refractivity contribution in [3.63, 3.8) is 0 Å². The Morgan fingerprint density at radius 1 is 1.25 bits per heavy atom. The third-order valence-corrected chi connectivity index (χ3v) is 4.61. The van der Waals surface area contributed by atoms with Gasteiger partial charge in [0.15, 0.2) is 0 Å². The van der Waals surface area contributed by atoms with Crippen LogP contribution in [0.1, 0.15) is 18.4 Å². The zero-order chi connectivity index (χ0) is 16.8. The first-order valence-electron chi connectivity index (χ1n) is 8.38. The van der Waals surface area contributed by atoms with Crippen molar-refractivity contribution in [2.75, 3.05) is 26.7 Å². The molecule has 1 N–H and O–H groups in total. The van der Waals surface area contributed by atoms with Gasteiger partial charge in [0, 0.05) is 32.0 Å². The van der Waals surface area contributed by atoms with E-state index in [1.807, 2.05) is 22.9 Å². The van der Waals surface area contributed by atoms with Crippen molar-refractivity contribution in [1.82, 2.24) is 14.5 Å². The Hall–Kier alpha value is -2.11. The van der Waals surface area contributed by atoms with E-state index in [0.29, 0.717) is 6.54 Å². The van der Waals surface area contributed by atoms with Gasteiger partial charge < -0.3 is 14.4 Å². The van der Waals surface area contributed by atoms with Crippen molar-refractivity contribution in [2.24, 2.45) is 0 Å². The van der Waals surface area contributed by atoms with Gasteiger partial charge in [-0.15, -0.1) is 0 Å². The fourth-order valence-corrected chi connectivity index (χ4v) is 3.08. The third-order valence-electron chi connectivity index (χ3n) is 4.61. The van der Waals surface area contributed by atoms with Crippen LogP contribution in [-0.2, 0) is 6.54 Å². The van der Waals surface area contributed by atoms with Gasteiger partial charge in [0.25, 0.3) is 0 Å². The molecular weight excluding hydrogens is 302 g/mol. The highest BCUT2D eigenvalue weighted by Crippen LogP contribution is 2.24. The molecule has 2 heterocycles. The number of likely N-dealkylation sites (tertiary alicyclic amines) is 1. The molecule has 3 rings (SSSR count). The minimum absolute atomic E-state index is 0.614. The van der Waals surface area contributed by atoms with E-state index < -0.39 is 5.60 Å². The van der Waals surface area contributed by atoms with Crippen molar-refractivity contribution in [1.29, 1.82) is 0 Å². The summed E-state index contributed by atoms with van der Waals surface area (Å²) < 4.78 is 7.12. The van der Waals surface area contributed by atoms with E-state index in [0.717, 1.165) is 38.2 Å². The summed E-state index contributed by atoms with van der Waals surface area (Å²) in [6, 6.07) is 8.04. The van der Waals surface area contributed by atoms with Crippen LogP contribution in [0.4, 0.5) is 0 Å². The lowest BCUT2D eigenvalue weighted by molar-refractivity contribution is -0.0318. The number of benzene rings is 1. The van der Waals surface area contributed by atoms with Crippen LogP contribution in [0.15, 0.2) is 49.1 Å². The number of rotatable bonds is 6. The van der Waals surface area contributed by atoms with E-state index in [1.165, 1.54) is 5.56 Å². The lowest BCUT2D eigenvalue weighted by Crippen LogP contribution is -2.46. The van der Waals surface area contributed by atoms with Crippen LogP contribution in [0.2, 0.25) is 0 Å². The molecule has 1 aliphatic heterocycles. The summed E-state index contributed by atoms with van der Waals surface area (Å²) in [5, 5.41) is 10.7. The molecule has 0 spiro atoms. The SMILES string of the molecule is COc1ccc(C=CCN2CCC(O)(Cn3ccnc3)CC2)cc1. The molecule has 0 atom stereocenters. The van der Waals surface area contributed by atoms with Crippen molar-refractivity contribution < 1.29 is 9.84 Å². The van der Waals surface area contributed by atoms with Crippen LogP contribution >= 0.6 is 0 Å². The highest BCUT2D eigenvalue weighted by atomic mass is 16.5. The summed E-state index contributed by atoms with van der Waals surface area (Å²) in [6.07, 6.45) is 11.3. The topological polar surface area (TPSA) is 50.5 Å². The molecule has 1 fully saturated rings. The normalized spacial score (nSPS) is 18.1. The number of aromatic nitrogens is 2. The number of aliphatic hydroxyl groups is 1. The van der Waals surface area contributed by atoms with Gasteiger partial charge in [-0.1, -0.05) is 24.3 Å². The Morgan fingerprint density at radius 2 is 2.00 bits per heavy atom. The minimum atomic E-state index is -0.614. The van der Waals surface area contributed by atoms with Gasteiger partial charge in [0.2, 0.25) is 0 Å². The van der Waals surface area contributed by atoms with Gasteiger partial charge in [-0.2, -0.15) is 0 Å². The number of nitrogens with zero attached hydrogens (tertiary/aromatic N) is 3. The van der Waals surface area contributed by atoms with Crippen LogP contribution in [-0.4, -0.2) is 51.9 Å². The maximum absolute atomic E-state index is 10.7. The Kier molecular flexibility index (Phi) is 5.33. The maximum atomic E-state index is 10.7. The summed E-state index contributed by atoms with van der Waals surface area (Å²) in [4.78, 5) is 6.42. The maximum Gasteiger partial charge on any atom is 0.118 e. The predicted molar refractivity (Wildman–Crippen MR) is 94.9 cm³/mol. The second-order valence-electron chi connectivity index (χ2n) is 6.44. The molecule has 0 aliphatic carbocycles. The number of imidazole rings is 1. The van der Waals surface area contributed by atoms with Gasteiger partial charge >= 0.3 is 0 Å². The highest BCUT2D eigenvalue weighted by molar-refractivity contribution is 5.50. The van der Waals surface area contributed by atoms with Crippen molar-refractivity contribution in [3.05, 3.63) is 54.6 Å². The first-order chi connectivity index (χ1) is 11.7. The minimum Gasteiger partial charge on any atom is -0.497 e. The molecule has 0 bridgehead atoms. The summed E-state index contributed by atoms with van der Waals surface area (Å²) in [5.41, 5.74) is 0.557.